The molecular weight excluding hydrogens is 328 g/mol. The first-order chi connectivity index (χ1) is 12.6. The summed E-state index contributed by atoms with van der Waals surface area (Å²) in [5, 5.41) is 14.3. The highest BCUT2D eigenvalue weighted by molar-refractivity contribution is 5.89. The van der Waals surface area contributed by atoms with Gasteiger partial charge in [-0.1, -0.05) is 0 Å². The topological polar surface area (TPSA) is 117 Å². The number of nitrogens with two attached hydrogens (primary N) is 1. The molecule has 0 bridgehead atoms. The summed E-state index contributed by atoms with van der Waals surface area (Å²) in [6, 6.07) is 2.01. The van der Waals surface area contributed by atoms with Crippen LogP contribution in [0.3, 0.4) is 0 Å². The quantitative estimate of drug-likeness (QED) is 0.548. The molecule has 1 saturated heterocycles. The molecule has 134 valence electrons. The predicted molar refractivity (Wildman–Crippen MR) is 99.9 cm³/mol. The minimum atomic E-state index is -0.287. The van der Waals surface area contributed by atoms with Crippen LogP contribution in [-0.4, -0.2) is 50.3 Å². The molecule has 2 atom stereocenters. The maximum Gasteiger partial charge on any atom is 0.200 e. The van der Waals surface area contributed by atoms with Crippen molar-refractivity contribution in [3.05, 3.63) is 29.7 Å². The first-order valence-corrected chi connectivity index (χ1v) is 9.06. The molecule has 26 heavy (non-hydrogen) atoms. The van der Waals surface area contributed by atoms with Crippen molar-refractivity contribution in [2.45, 2.75) is 31.2 Å². The number of pyridine rings is 1. The lowest BCUT2D eigenvalue weighted by molar-refractivity contribution is 0.286. The van der Waals surface area contributed by atoms with E-state index < -0.39 is 0 Å². The molecule has 3 aromatic rings. The van der Waals surface area contributed by atoms with Gasteiger partial charge >= 0.3 is 0 Å². The fraction of sp³-hybridized carbons (Fsp3) is 0.444. The Bertz CT molecular complexity index is 976. The van der Waals surface area contributed by atoms with Crippen LogP contribution in [0.4, 0.5) is 5.82 Å². The average Bonchev–Trinajstić information content (AvgIpc) is 3.27. The van der Waals surface area contributed by atoms with Crippen molar-refractivity contribution in [1.29, 1.82) is 0 Å². The first kappa shape index (κ1) is 15.7. The van der Waals surface area contributed by atoms with E-state index in [0.29, 0.717) is 5.65 Å². The van der Waals surface area contributed by atoms with Crippen LogP contribution in [0.15, 0.2) is 18.5 Å². The van der Waals surface area contributed by atoms with E-state index in [2.05, 4.69) is 32.7 Å². The molecule has 2 unspecified atom stereocenters. The van der Waals surface area contributed by atoms with Crippen molar-refractivity contribution < 1.29 is 0 Å². The fourth-order valence-corrected chi connectivity index (χ4v) is 4.06. The van der Waals surface area contributed by atoms with Gasteiger partial charge < -0.3 is 16.4 Å². The summed E-state index contributed by atoms with van der Waals surface area (Å²) in [5.41, 5.74) is 11.7. The summed E-state index contributed by atoms with van der Waals surface area (Å²) in [4.78, 5) is 13.9. The number of hydrogen-bond donors (Lipinski definition) is 4. The molecule has 0 aromatic carbocycles. The second-order valence-corrected chi connectivity index (χ2v) is 7.44. The second kappa shape index (κ2) is 5.72. The summed E-state index contributed by atoms with van der Waals surface area (Å²) in [6.07, 6.45) is 5.53. The lowest BCUT2D eigenvalue weighted by atomic mass is 9.79. The van der Waals surface area contributed by atoms with Crippen molar-refractivity contribution in [2.75, 3.05) is 25.0 Å². The SMILES string of the molecule is CC1(N)CCNCC1c1cnc2c(-c3ccnc4c3CCN4)[nH]nc2n1. The van der Waals surface area contributed by atoms with Crippen molar-refractivity contribution >= 4 is 17.0 Å². The molecule has 0 saturated carbocycles. The van der Waals surface area contributed by atoms with E-state index >= 15 is 0 Å². The maximum atomic E-state index is 6.51. The number of hydrogen-bond acceptors (Lipinski definition) is 7. The monoisotopic (exact) mass is 350 g/mol. The Hall–Kier alpha value is -2.58. The lowest BCUT2D eigenvalue weighted by Gasteiger charge is -2.38. The van der Waals surface area contributed by atoms with Gasteiger partial charge in [0.1, 0.15) is 11.3 Å². The molecule has 5 rings (SSSR count). The fourth-order valence-electron chi connectivity index (χ4n) is 4.06. The number of nitrogens with one attached hydrogen (secondary N) is 3. The van der Waals surface area contributed by atoms with E-state index in [4.69, 9.17) is 15.7 Å². The van der Waals surface area contributed by atoms with Gasteiger partial charge in [0.2, 0.25) is 5.65 Å². The van der Waals surface area contributed by atoms with Crippen molar-refractivity contribution in [3.8, 4) is 11.3 Å². The molecule has 0 spiro atoms. The number of fused-ring (bicyclic) bond motifs is 2. The van der Waals surface area contributed by atoms with Crippen LogP contribution in [-0.2, 0) is 6.42 Å². The number of aromatic nitrogens is 5. The molecule has 3 aromatic heterocycles. The van der Waals surface area contributed by atoms with Crippen LogP contribution in [0.5, 0.6) is 0 Å². The van der Waals surface area contributed by atoms with Crippen LogP contribution < -0.4 is 16.4 Å². The third-order valence-corrected chi connectivity index (χ3v) is 5.62. The van der Waals surface area contributed by atoms with Crippen LogP contribution in [0.1, 0.15) is 30.5 Å². The first-order valence-electron chi connectivity index (χ1n) is 9.06. The van der Waals surface area contributed by atoms with Crippen LogP contribution in [0.2, 0.25) is 0 Å². The molecule has 0 aliphatic carbocycles. The summed E-state index contributed by atoms with van der Waals surface area (Å²) >= 11 is 0. The van der Waals surface area contributed by atoms with Gasteiger partial charge in [0.15, 0.2) is 0 Å². The van der Waals surface area contributed by atoms with E-state index in [0.717, 1.165) is 60.8 Å². The van der Waals surface area contributed by atoms with Gasteiger partial charge in [0, 0.05) is 48.1 Å². The van der Waals surface area contributed by atoms with Crippen LogP contribution >= 0.6 is 0 Å². The van der Waals surface area contributed by atoms with E-state index in [-0.39, 0.29) is 11.5 Å². The highest BCUT2D eigenvalue weighted by Crippen LogP contribution is 2.34. The zero-order valence-corrected chi connectivity index (χ0v) is 14.7. The van der Waals surface area contributed by atoms with Gasteiger partial charge in [-0.2, -0.15) is 5.10 Å². The third-order valence-electron chi connectivity index (χ3n) is 5.62. The molecule has 0 radical (unpaired) electrons. The molecule has 1 fully saturated rings. The van der Waals surface area contributed by atoms with Gasteiger partial charge in [-0.05, 0) is 32.4 Å². The van der Waals surface area contributed by atoms with E-state index in [1.807, 2.05) is 18.5 Å². The predicted octanol–water partition coefficient (Wildman–Crippen LogP) is 1.18. The minimum Gasteiger partial charge on any atom is -0.369 e. The van der Waals surface area contributed by atoms with Crippen LogP contribution in [0.25, 0.3) is 22.4 Å². The zero-order valence-electron chi connectivity index (χ0n) is 14.7. The number of H-pyrrole nitrogens is 1. The van der Waals surface area contributed by atoms with Gasteiger partial charge in [0.05, 0.1) is 11.4 Å². The van der Waals surface area contributed by atoms with Crippen LogP contribution in [0, 0.1) is 0 Å². The molecule has 8 nitrogen and oxygen atoms in total. The zero-order chi connectivity index (χ0) is 17.7. The molecule has 5 heterocycles. The number of rotatable bonds is 2. The molecular formula is C18H22N8. The highest BCUT2D eigenvalue weighted by Gasteiger charge is 2.35. The molecule has 5 N–H and O–H groups in total. The molecule has 2 aliphatic rings. The summed E-state index contributed by atoms with van der Waals surface area (Å²) in [7, 11) is 0. The standard InChI is InChI=1S/C18H22N8/c1-18(19)4-7-20-8-12(18)13-9-23-15-14(25-26-17(15)24-13)10-2-5-21-16-11(10)3-6-22-16/h2,5,9,12,20H,3-4,6-8,19H2,1H3,(H,21,22)(H,24,25,26). The van der Waals surface area contributed by atoms with Crippen molar-refractivity contribution in [3.63, 3.8) is 0 Å². The van der Waals surface area contributed by atoms with Crippen molar-refractivity contribution in [1.82, 2.24) is 30.5 Å². The number of anilines is 1. The molecule has 8 heteroatoms. The normalized spacial score (nSPS) is 25.2. The van der Waals surface area contributed by atoms with Gasteiger partial charge in [0.25, 0.3) is 0 Å². The average molecular weight is 350 g/mol. The Kier molecular flexibility index (Phi) is 3.44. The molecule has 0 amide bonds. The summed E-state index contributed by atoms with van der Waals surface area (Å²) in [5.74, 6) is 1.07. The number of nitrogens with zero attached hydrogens (tertiary/aromatic N) is 4. The van der Waals surface area contributed by atoms with E-state index in [1.165, 1.54) is 5.56 Å². The van der Waals surface area contributed by atoms with E-state index in [9.17, 15) is 0 Å². The smallest absolute Gasteiger partial charge is 0.200 e. The Labute approximate surface area is 151 Å². The summed E-state index contributed by atoms with van der Waals surface area (Å²) < 4.78 is 0. The lowest BCUT2D eigenvalue weighted by Crippen LogP contribution is -2.53. The Morgan fingerprint density at radius 2 is 2.19 bits per heavy atom. The largest absolute Gasteiger partial charge is 0.369 e. The van der Waals surface area contributed by atoms with E-state index in [1.54, 1.807) is 0 Å². The van der Waals surface area contributed by atoms with Gasteiger partial charge in [-0.3, -0.25) is 5.10 Å². The maximum absolute atomic E-state index is 6.51. The van der Waals surface area contributed by atoms with Gasteiger partial charge in [-0.15, -0.1) is 0 Å². The van der Waals surface area contributed by atoms with Crippen molar-refractivity contribution in [2.24, 2.45) is 5.73 Å². The summed E-state index contributed by atoms with van der Waals surface area (Å²) in [6.45, 7) is 4.75. The number of aromatic amines is 1. The Balaban J connectivity index is 1.58. The third kappa shape index (κ3) is 2.37. The highest BCUT2D eigenvalue weighted by atomic mass is 15.2. The Morgan fingerprint density at radius 1 is 1.27 bits per heavy atom. The molecule has 2 aliphatic heterocycles. The Morgan fingerprint density at radius 3 is 3.08 bits per heavy atom. The van der Waals surface area contributed by atoms with Gasteiger partial charge in [-0.25, -0.2) is 15.0 Å². The minimum absolute atomic E-state index is 0.127. The second-order valence-electron chi connectivity index (χ2n) is 7.44. The number of piperidine rings is 1.